The number of ether oxygens (including phenoxy) is 8. The second kappa shape index (κ2) is 29.3. The van der Waals surface area contributed by atoms with Crippen molar-refractivity contribution in [3.63, 3.8) is 0 Å². The number of aromatic nitrogens is 5. The van der Waals surface area contributed by atoms with Crippen molar-refractivity contribution in [2.24, 2.45) is 0 Å². The Labute approximate surface area is 407 Å². The summed E-state index contributed by atoms with van der Waals surface area (Å²) in [6.45, 7) is 13.9. The van der Waals surface area contributed by atoms with Crippen LogP contribution in [-0.2, 0) is 41.3 Å². The fourth-order valence-corrected chi connectivity index (χ4v) is 7.60. The van der Waals surface area contributed by atoms with E-state index in [1.54, 1.807) is 14.2 Å². The number of allylic oxidation sites excluding steroid dienone is 4. The van der Waals surface area contributed by atoms with E-state index in [-0.39, 0.29) is 64.2 Å². The molecule has 0 atom stereocenters. The van der Waals surface area contributed by atoms with Gasteiger partial charge in [0.05, 0.1) is 78.2 Å². The number of nitrogens with one attached hydrogen (secondary N) is 4. The SMILES string of the molecule is CCc1c(CC)c2cc3[nH+]c(c[nH+]c4cc(OCCOCCOCCOC)c(OCCOCCOCCOC)cc4[nH+]cc4[nH+]c(cc1[n-]2)C(CCCO)=C4C)C(C)=C3CCCO.[Ca+2]. The van der Waals surface area contributed by atoms with Gasteiger partial charge in [-0.2, -0.15) is 9.97 Å². The van der Waals surface area contributed by atoms with E-state index in [1.807, 2.05) is 24.5 Å². The molecule has 2 aliphatic heterocycles. The van der Waals surface area contributed by atoms with Gasteiger partial charge in [0, 0.05) is 49.7 Å². The number of nitrogens with zero attached hydrogens (tertiary/aromatic N) is 1. The van der Waals surface area contributed by atoms with Crippen molar-refractivity contribution in [2.75, 3.05) is 107 Å². The Morgan fingerprint density at radius 2 is 0.891 bits per heavy atom. The first-order chi connectivity index (χ1) is 30.9. The maximum absolute atomic E-state index is 9.87. The Morgan fingerprint density at radius 3 is 1.25 bits per heavy atom. The van der Waals surface area contributed by atoms with Crippen LogP contribution < -0.4 is 34.4 Å². The van der Waals surface area contributed by atoms with Gasteiger partial charge in [-0.15, -0.1) is 11.0 Å². The minimum absolute atomic E-state index is 0. The van der Waals surface area contributed by atoms with Crippen LogP contribution in [0.25, 0.3) is 44.4 Å². The Morgan fingerprint density at radius 1 is 0.516 bits per heavy atom. The Balaban J connectivity index is 0.00000898. The van der Waals surface area contributed by atoms with Crippen LogP contribution in [0.4, 0.5) is 0 Å². The van der Waals surface area contributed by atoms with Crippen LogP contribution in [0.1, 0.15) is 87.3 Å². The quantitative estimate of drug-likeness (QED) is 0.0796. The van der Waals surface area contributed by atoms with Crippen molar-refractivity contribution in [3.05, 3.63) is 70.6 Å². The molecular weight excluding hydrogens is 847 g/mol. The number of aromatic amines is 4. The van der Waals surface area contributed by atoms with Crippen molar-refractivity contribution in [2.45, 2.75) is 66.2 Å². The van der Waals surface area contributed by atoms with Gasteiger partial charge in [0.1, 0.15) is 13.2 Å². The molecular formula is C48H70CaN5O10+5. The van der Waals surface area contributed by atoms with Crippen LogP contribution >= 0.6 is 0 Å². The normalized spacial score (nSPS) is 12.5. The van der Waals surface area contributed by atoms with Crippen LogP contribution in [0.5, 0.6) is 11.5 Å². The van der Waals surface area contributed by atoms with Gasteiger partial charge < -0.3 is 53.1 Å². The summed E-state index contributed by atoms with van der Waals surface area (Å²) in [5.74, 6) is 1.06. The molecule has 6 bridgehead atoms. The predicted molar refractivity (Wildman–Crippen MR) is 245 cm³/mol. The molecule has 16 heteroatoms. The average Bonchev–Trinajstić information content (AvgIpc) is 3.89. The molecule has 0 radical (unpaired) electrons. The molecule has 0 fully saturated rings. The van der Waals surface area contributed by atoms with Gasteiger partial charge in [-0.25, -0.2) is 9.97 Å². The number of H-pyrrole nitrogens is 4. The molecule has 6 N–H and O–H groups in total. The Kier molecular flexibility index (Phi) is 24.4. The standard InChI is InChI=1S/C48H66N5O10.Ca/c1-7-35-36(8-2)40-28-42-38(12-10-14-55)34(4)46(53-42)32-50-44-30-48(63-26-24-61-22-20-59-18-16-57-6)47(62-25-23-60-21-19-58-17-15-56-5)29-43(44)49-31-45-33(3)37(11-9-13-54)41(52-45)27-39(35)51-40;/h27-32,54-55H,7-26H2,1-6H3;/q-1;+2/p+4. The first kappa shape index (κ1) is 53.3. The number of aliphatic hydroxyl groups excluding tert-OH is 2. The third-order valence-corrected chi connectivity index (χ3v) is 11.0. The number of hydrogen-bond acceptors (Lipinski definition) is 10. The smallest absolute Gasteiger partial charge is 0.657 e. The molecule has 3 aromatic rings. The summed E-state index contributed by atoms with van der Waals surface area (Å²) in [6.07, 6.45) is 8.29. The van der Waals surface area contributed by atoms with Crippen molar-refractivity contribution < 1.29 is 68.0 Å². The molecule has 2 aromatic heterocycles. The molecule has 64 heavy (non-hydrogen) atoms. The van der Waals surface area contributed by atoms with Gasteiger partial charge in [0.25, 0.3) is 22.4 Å². The zero-order valence-corrected chi connectivity index (χ0v) is 41.1. The molecule has 0 spiro atoms. The molecule has 5 rings (SSSR count). The zero-order chi connectivity index (χ0) is 44.8. The fraction of sp³-hybridized carbons (Fsp3) is 0.542. The van der Waals surface area contributed by atoms with Crippen molar-refractivity contribution in [1.29, 1.82) is 0 Å². The number of aryl methyl sites for hydroxylation is 2. The number of rotatable bonds is 28. The average molecular weight is 917 g/mol. The van der Waals surface area contributed by atoms with E-state index in [0.717, 1.165) is 80.0 Å². The molecule has 0 aliphatic carbocycles. The van der Waals surface area contributed by atoms with E-state index in [9.17, 15) is 10.2 Å². The minimum Gasteiger partial charge on any atom is -0.657 e. The summed E-state index contributed by atoms with van der Waals surface area (Å²) in [6, 6.07) is 8.17. The molecule has 4 heterocycles. The Hall–Kier alpha value is -3.32. The van der Waals surface area contributed by atoms with E-state index < -0.39 is 0 Å². The Bertz CT molecular complexity index is 2050. The van der Waals surface area contributed by atoms with Crippen LogP contribution in [-0.4, -0.2) is 155 Å². The van der Waals surface area contributed by atoms with Crippen molar-refractivity contribution in [3.8, 4) is 11.5 Å². The van der Waals surface area contributed by atoms with Crippen LogP contribution in [0, 0.1) is 0 Å². The molecule has 344 valence electrons. The largest absolute Gasteiger partial charge is 2.00 e. The molecule has 15 nitrogen and oxygen atoms in total. The van der Waals surface area contributed by atoms with Gasteiger partial charge in [0.2, 0.25) is 23.8 Å². The fourth-order valence-electron chi connectivity index (χ4n) is 7.60. The predicted octanol–water partition coefficient (Wildman–Crippen LogP) is 3.91. The second-order valence-corrected chi connectivity index (χ2v) is 15.2. The number of fused-ring (bicyclic) bond motifs is 7. The van der Waals surface area contributed by atoms with Crippen molar-refractivity contribution >= 4 is 82.1 Å². The van der Waals surface area contributed by atoms with E-state index in [0.29, 0.717) is 103 Å². The zero-order valence-electron chi connectivity index (χ0n) is 38.9. The van der Waals surface area contributed by atoms with E-state index >= 15 is 0 Å². The van der Waals surface area contributed by atoms with Gasteiger partial charge >= 0.3 is 37.7 Å². The van der Waals surface area contributed by atoms with Gasteiger partial charge in [0.15, 0.2) is 11.5 Å². The summed E-state index contributed by atoms with van der Waals surface area (Å²) < 4.78 is 45.4. The monoisotopic (exact) mass is 916 g/mol. The topological polar surface area (TPSA) is 185 Å². The number of benzene rings is 1. The van der Waals surface area contributed by atoms with E-state index in [1.165, 1.54) is 11.1 Å². The maximum Gasteiger partial charge on any atom is 2.00 e. The molecule has 0 unspecified atom stereocenters. The summed E-state index contributed by atoms with van der Waals surface area (Å²) in [7, 11) is 3.29. The summed E-state index contributed by atoms with van der Waals surface area (Å²) in [5.41, 5.74) is 14.0. The van der Waals surface area contributed by atoms with Gasteiger partial charge in [-0.3, -0.25) is 0 Å². The van der Waals surface area contributed by atoms with Gasteiger partial charge in [-0.1, -0.05) is 25.0 Å². The second-order valence-electron chi connectivity index (χ2n) is 15.2. The number of aliphatic hydroxyl groups is 2. The summed E-state index contributed by atoms with van der Waals surface area (Å²) >= 11 is 0. The molecule has 1 aromatic carbocycles. The van der Waals surface area contributed by atoms with Crippen LogP contribution in [0.2, 0.25) is 0 Å². The number of hydrogen-bond donors (Lipinski definition) is 2. The van der Waals surface area contributed by atoms with Crippen LogP contribution in [0.15, 0.2) is 36.7 Å². The molecule has 0 saturated heterocycles. The van der Waals surface area contributed by atoms with E-state index in [2.05, 4.69) is 59.8 Å². The molecule has 0 saturated carbocycles. The van der Waals surface area contributed by atoms with Crippen molar-refractivity contribution in [1.82, 2.24) is 4.98 Å². The van der Waals surface area contributed by atoms with Crippen LogP contribution in [0.3, 0.4) is 0 Å². The number of methoxy groups -OCH3 is 2. The maximum atomic E-state index is 9.87. The molecule has 2 aliphatic rings. The third kappa shape index (κ3) is 15.4. The summed E-state index contributed by atoms with van der Waals surface area (Å²) in [5, 5.41) is 19.7. The third-order valence-electron chi connectivity index (χ3n) is 11.0. The van der Waals surface area contributed by atoms with Gasteiger partial charge in [-0.05, 0) is 64.5 Å². The first-order valence-electron chi connectivity index (χ1n) is 22.3. The first-order valence-corrected chi connectivity index (χ1v) is 22.3. The van der Waals surface area contributed by atoms with E-state index in [4.69, 9.17) is 42.9 Å². The minimum atomic E-state index is 0. The molecule has 0 amide bonds. The summed E-state index contributed by atoms with van der Waals surface area (Å²) in [4.78, 5) is 19.8.